The number of aliphatic hydroxyl groups is 2. The largest absolute Gasteiger partial charge is 0.507 e. The highest BCUT2D eigenvalue weighted by molar-refractivity contribution is 6.19. The van der Waals surface area contributed by atoms with E-state index in [1.54, 1.807) is 0 Å². The molecule has 1 atom stereocenters. The second-order valence-electron chi connectivity index (χ2n) is 7.73. The van der Waals surface area contributed by atoms with Crippen LogP contribution in [-0.4, -0.2) is 34.7 Å². The fourth-order valence-corrected chi connectivity index (χ4v) is 3.27. The zero-order valence-corrected chi connectivity index (χ0v) is 16.5. The number of rotatable bonds is 15. The zero-order valence-electron chi connectivity index (χ0n) is 16.5. The van der Waals surface area contributed by atoms with E-state index < -0.39 is 24.4 Å². The van der Waals surface area contributed by atoms with Gasteiger partial charge in [0, 0.05) is 6.42 Å². The van der Waals surface area contributed by atoms with Crippen LogP contribution >= 0.6 is 0 Å². The van der Waals surface area contributed by atoms with Crippen molar-refractivity contribution in [2.75, 3.05) is 6.61 Å². The third kappa shape index (κ3) is 8.35. The summed E-state index contributed by atoms with van der Waals surface area (Å²) in [5, 5.41) is 18.7. The molecule has 1 aliphatic rings. The standard InChI is InChI=1S/C21H36O5/c1-16(2)13-11-9-7-5-3-4-6-8-10-12-14-17(23)19-20(24)18(15-22)26-21(19)25/h16,18,22,24H,3-15H2,1-2H3/t18-/m0/s1. The minimum Gasteiger partial charge on any atom is -0.507 e. The molecule has 0 aromatic heterocycles. The molecule has 1 heterocycles. The van der Waals surface area contributed by atoms with Crippen LogP contribution in [0.5, 0.6) is 0 Å². The van der Waals surface area contributed by atoms with Gasteiger partial charge in [-0.3, -0.25) is 4.79 Å². The number of hydrogen-bond donors (Lipinski definition) is 2. The van der Waals surface area contributed by atoms with Crippen molar-refractivity contribution in [1.29, 1.82) is 0 Å². The van der Waals surface area contributed by atoms with E-state index in [1.807, 2.05) is 0 Å². The lowest BCUT2D eigenvalue weighted by Gasteiger charge is -2.05. The molecule has 0 aliphatic carbocycles. The van der Waals surface area contributed by atoms with Gasteiger partial charge in [-0.15, -0.1) is 0 Å². The van der Waals surface area contributed by atoms with Crippen molar-refractivity contribution in [3.63, 3.8) is 0 Å². The van der Waals surface area contributed by atoms with Gasteiger partial charge < -0.3 is 14.9 Å². The summed E-state index contributed by atoms with van der Waals surface area (Å²) < 4.78 is 4.74. The van der Waals surface area contributed by atoms with E-state index >= 15 is 0 Å². The van der Waals surface area contributed by atoms with Crippen molar-refractivity contribution in [1.82, 2.24) is 0 Å². The molecule has 0 saturated carbocycles. The second-order valence-corrected chi connectivity index (χ2v) is 7.73. The van der Waals surface area contributed by atoms with Crippen molar-refractivity contribution in [3.05, 3.63) is 11.3 Å². The smallest absolute Gasteiger partial charge is 0.346 e. The maximum absolute atomic E-state index is 12.0. The Morgan fingerprint density at radius 1 is 0.962 bits per heavy atom. The van der Waals surface area contributed by atoms with Gasteiger partial charge in [0.25, 0.3) is 0 Å². The average Bonchev–Trinajstić information content (AvgIpc) is 2.89. The topological polar surface area (TPSA) is 83.8 Å². The molecule has 0 amide bonds. The summed E-state index contributed by atoms with van der Waals surface area (Å²) >= 11 is 0. The monoisotopic (exact) mass is 368 g/mol. The summed E-state index contributed by atoms with van der Waals surface area (Å²) in [7, 11) is 0. The van der Waals surface area contributed by atoms with Crippen LogP contribution in [0.1, 0.15) is 90.9 Å². The minimum atomic E-state index is -1.08. The molecule has 1 aliphatic heterocycles. The van der Waals surface area contributed by atoms with E-state index in [1.165, 1.54) is 51.4 Å². The van der Waals surface area contributed by atoms with Gasteiger partial charge >= 0.3 is 5.97 Å². The highest BCUT2D eigenvalue weighted by Crippen LogP contribution is 2.23. The number of unbranched alkanes of at least 4 members (excludes halogenated alkanes) is 9. The fraction of sp³-hybridized carbons (Fsp3) is 0.810. The quantitative estimate of drug-likeness (QED) is 0.250. The Labute approximate surface area is 157 Å². The SMILES string of the molecule is CC(C)CCCCCCCCCCCCC(=O)C1=C(O)[C@H](CO)OC1=O. The maximum Gasteiger partial charge on any atom is 0.346 e. The molecule has 5 nitrogen and oxygen atoms in total. The van der Waals surface area contributed by atoms with Crippen molar-refractivity contribution in [3.8, 4) is 0 Å². The van der Waals surface area contributed by atoms with Crippen LogP contribution in [0.2, 0.25) is 0 Å². The first-order valence-electron chi connectivity index (χ1n) is 10.3. The molecule has 0 fully saturated rings. The number of carbonyl (C=O) groups is 2. The average molecular weight is 369 g/mol. The third-order valence-corrected chi connectivity index (χ3v) is 4.89. The summed E-state index contributed by atoms with van der Waals surface area (Å²) in [6, 6.07) is 0. The molecule has 0 unspecified atom stereocenters. The fourth-order valence-electron chi connectivity index (χ4n) is 3.27. The second kappa shape index (κ2) is 12.9. The molecule has 0 aromatic rings. The minimum absolute atomic E-state index is 0.239. The molecular weight excluding hydrogens is 332 g/mol. The molecule has 5 heteroatoms. The van der Waals surface area contributed by atoms with Crippen molar-refractivity contribution in [2.45, 2.75) is 97.0 Å². The van der Waals surface area contributed by atoms with Crippen LogP contribution in [0.4, 0.5) is 0 Å². The summed E-state index contributed by atoms with van der Waals surface area (Å²) in [6.07, 6.45) is 12.3. The van der Waals surface area contributed by atoms with E-state index in [-0.39, 0.29) is 17.8 Å². The highest BCUT2D eigenvalue weighted by Gasteiger charge is 2.37. The van der Waals surface area contributed by atoms with Crippen LogP contribution in [0.3, 0.4) is 0 Å². The molecule has 0 spiro atoms. The molecule has 0 saturated heterocycles. The summed E-state index contributed by atoms with van der Waals surface area (Å²) in [6.45, 7) is 4.04. The Kier molecular flexibility index (Phi) is 11.3. The first kappa shape index (κ1) is 22.7. The highest BCUT2D eigenvalue weighted by atomic mass is 16.6. The normalized spacial score (nSPS) is 17.2. The third-order valence-electron chi connectivity index (χ3n) is 4.89. The summed E-state index contributed by atoms with van der Waals surface area (Å²) in [5.41, 5.74) is -0.276. The van der Waals surface area contributed by atoms with E-state index in [0.29, 0.717) is 6.42 Å². The van der Waals surface area contributed by atoms with Gasteiger partial charge in [0.05, 0.1) is 6.61 Å². The number of ketones is 1. The van der Waals surface area contributed by atoms with Gasteiger partial charge in [-0.2, -0.15) is 0 Å². The Morgan fingerprint density at radius 2 is 1.46 bits per heavy atom. The Morgan fingerprint density at radius 3 is 1.92 bits per heavy atom. The number of cyclic esters (lactones) is 1. The van der Waals surface area contributed by atoms with Crippen LogP contribution in [0, 0.1) is 5.92 Å². The van der Waals surface area contributed by atoms with E-state index in [4.69, 9.17) is 9.84 Å². The van der Waals surface area contributed by atoms with E-state index in [0.717, 1.165) is 18.8 Å². The summed E-state index contributed by atoms with van der Waals surface area (Å²) in [4.78, 5) is 23.6. The predicted octanol–water partition coefficient (Wildman–Crippen LogP) is 4.62. The van der Waals surface area contributed by atoms with Crippen molar-refractivity contribution < 1.29 is 24.5 Å². The molecule has 0 bridgehead atoms. The van der Waals surface area contributed by atoms with E-state index in [2.05, 4.69) is 13.8 Å². The maximum atomic E-state index is 12.0. The predicted molar refractivity (Wildman–Crippen MR) is 102 cm³/mol. The van der Waals surface area contributed by atoms with Crippen LogP contribution in [0.25, 0.3) is 0 Å². The summed E-state index contributed by atoms with van der Waals surface area (Å²) in [5.74, 6) is -0.807. The van der Waals surface area contributed by atoms with Gasteiger partial charge in [0.1, 0.15) is 5.57 Å². The number of aliphatic hydroxyl groups excluding tert-OH is 2. The molecule has 0 aromatic carbocycles. The number of Topliss-reactive ketones (excluding diaryl/α,β-unsaturated/α-hetero) is 1. The molecule has 150 valence electrons. The van der Waals surface area contributed by atoms with Crippen LogP contribution in [-0.2, 0) is 14.3 Å². The number of ether oxygens (including phenoxy) is 1. The van der Waals surface area contributed by atoms with Crippen molar-refractivity contribution in [2.24, 2.45) is 5.92 Å². The van der Waals surface area contributed by atoms with Gasteiger partial charge in [0.2, 0.25) is 0 Å². The molecule has 0 radical (unpaired) electrons. The van der Waals surface area contributed by atoms with Gasteiger partial charge in [-0.25, -0.2) is 4.79 Å². The Bertz CT molecular complexity index is 467. The first-order valence-corrected chi connectivity index (χ1v) is 10.3. The van der Waals surface area contributed by atoms with Crippen LogP contribution in [0.15, 0.2) is 11.3 Å². The zero-order chi connectivity index (χ0) is 19.4. The van der Waals surface area contributed by atoms with Crippen molar-refractivity contribution >= 4 is 11.8 Å². The molecule has 2 N–H and O–H groups in total. The van der Waals surface area contributed by atoms with Gasteiger partial charge in [0.15, 0.2) is 17.6 Å². The molecule has 1 rings (SSSR count). The van der Waals surface area contributed by atoms with Gasteiger partial charge in [-0.1, -0.05) is 78.1 Å². The molecular formula is C21H36O5. The number of carbonyl (C=O) groups excluding carboxylic acids is 2. The lowest BCUT2D eigenvalue weighted by molar-refractivity contribution is -0.142. The lowest BCUT2D eigenvalue weighted by atomic mass is 10.0. The van der Waals surface area contributed by atoms with E-state index in [9.17, 15) is 14.7 Å². The Balaban J connectivity index is 2.00. The first-order chi connectivity index (χ1) is 12.5. The van der Waals surface area contributed by atoms with Gasteiger partial charge in [-0.05, 0) is 12.3 Å². The lowest BCUT2D eigenvalue weighted by Crippen LogP contribution is -2.15. The Hall–Kier alpha value is -1.36. The number of esters is 1. The van der Waals surface area contributed by atoms with Crippen LogP contribution < -0.4 is 0 Å². The molecule has 26 heavy (non-hydrogen) atoms. The number of hydrogen-bond acceptors (Lipinski definition) is 5.